The average Bonchev–Trinajstić information content (AvgIpc) is 2.64. The van der Waals surface area contributed by atoms with Gasteiger partial charge < -0.3 is 9.64 Å². The Labute approximate surface area is 171 Å². The van der Waals surface area contributed by atoms with Crippen molar-refractivity contribution in [2.75, 3.05) is 26.7 Å². The van der Waals surface area contributed by atoms with Gasteiger partial charge in [-0.15, -0.1) is 6.58 Å². The van der Waals surface area contributed by atoms with Crippen molar-refractivity contribution in [3.05, 3.63) is 76.5 Å². The van der Waals surface area contributed by atoms with Crippen molar-refractivity contribution < 1.29 is 9.13 Å². The van der Waals surface area contributed by atoms with Gasteiger partial charge in [0.1, 0.15) is 0 Å². The lowest BCUT2D eigenvalue weighted by atomic mass is 10.0. The van der Waals surface area contributed by atoms with Crippen molar-refractivity contribution in [3.63, 3.8) is 0 Å². The molecule has 0 amide bonds. The standard InChI is InChI=1S/C23H29BrFNO/c1-3-14-26(2)15-6-4-5-7-16-27-23-13-10-20(18-22(23)25)17-19-8-11-21(24)12-9-19/h3,8-13,18H,1,4-7,14-17H2,2H3. The van der Waals surface area contributed by atoms with Crippen LogP contribution in [0.4, 0.5) is 4.39 Å². The van der Waals surface area contributed by atoms with Crippen LogP contribution in [0.15, 0.2) is 59.6 Å². The Kier molecular flexibility index (Phi) is 9.57. The molecule has 0 atom stereocenters. The predicted molar refractivity (Wildman–Crippen MR) is 115 cm³/mol. The molecule has 2 rings (SSSR count). The molecule has 0 aromatic heterocycles. The summed E-state index contributed by atoms with van der Waals surface area (Å²) >= 11 is 3.43. The summed E-state index contributed by atoms with van der Waals surface area (Å²) in [4.78, 5) is 2.26. The van der Waals surface area contributed by atoms with Crippen LogP contribution in [0, 0.1) is 5.82 Å². The van der Waals surface area contributed by atoms with Gasteiger partial charge in [-0.25, -0.2) is 4.39 Å². The van der Waals surface area contributed by atoms with E-state index < -0.39 is 0 Å². The van der Waals surface area contributed by atoms with Crippen molar-refractivity contribution in [2.24, 2.45) is 0 Å². The number of unbranched alkanes of at least 4 members (excludes halogenated alkanes) is 3. The fraction of sp³-hybridized carbons (Fsp3) is 0.391. The molecule has 0 fully saturated rings. The first kappa shape index (κ1) is 21.6. The number of likely N-dealkylation sites (N-methyl/N-ethyl adjacent to an activating group) is 1. The molecule has 4 heteroatoms. The number of hydrogen-bond donors (Lipinski definition) is 0. The molecule has 0 aliphatic rings. The topological polar surface area (TPSA) is 12.5 Å². The molecule has 27 heavy (non-hydrogen) atoms. The Bertz CT molecular complexity index is 702. The SMILES string of the molecule is C=CCN(C)CCCCCCOc1ccc(Cc2ccc(Br)cc2)cc1F. The summed E-state index contributed by atoms with van der Waals surface area (Å²) in [6.07, 6.45) is 7.02. The fourth-order valence-electron chi connectivity index (χ4n) is 2.94. The summed E-state index contributed by atoms with van der Waals surface area (Å²) in [7, 11) is 2.11. The lowest BCUT2D eigenvalue weighted by Gasteiger charge is -2.13. The van der Waals surface area contributed by atoms with E-state index in [0.29, 0.717) is 18.8 Å². The molecule has 0 aliphatic heterocycles. The number of nitrogens with zero attached hydrogens (tertiary/aromatic N) is 1. The van der Waals surface area contributed by atoms with E-state index in [9.17, 15) is 4.39 Å². The number of halogens is 2. The minimum Gasteiger partial charge on any atom is -0.491 e. The molecule has 0 N–H and O–H groups in total. The Morgan fingerprint density at radius 3 is 2.44 bits per heavy atom. The second-order valence-electron chi connectivity index (χ2n) is 6.88. The molecule has 0 aliphatic carbocycles. The third-order valence-corrected chi connectivity index (χ3v) is 4.98. The molecule has 2 aromatic rings. The summed E-state index contributed by atoms with van der Waals surface area (Å²) in [5, 5.41) is 0. The lowest BCUT2D eigenvalue weighted by molar-refractivity contribution is 0.287. The van der Waals surface area contributed by atoms with Gasteiger partial charge in [0.15, 0.2) is 11.6 Å². The van der Waals surface area contributed by atoms with E-state index in [0.717, 1.165) is 41.5 Å². The van der Waals surface area contributed by atoms with Crippen molar-refractivity contribution in [3.8, 4) is 5.75 Å². The van der Waals surface area contributed by atoms with E-state index in [1.807, 2.05) is 36.4 Å². The normalized spacial score (nSPS) is 11.0. The van der Waals surface area contributed by atoms with Gasteiger partial charge in [0.25, 0.3) is 0 Å². The van der Waals surface area contributed by atoms with Crippen LogP contribution in [0.1, 0.15) is 36.8 Å². The number of benzene rings is 2. The third kappa shape index (κ3) is 8.27. The molecule has 2 aromatic carbocycles. The highest BCUT2D eigenvalue weighted by Gasteiger charge is 2.06. The maximum absolute atomic E-state index is 14.3. The van der Waals surface area contributed by atoms with Crippen LogP contribution in [-0.4, -0.2) is 31.6 Å². The number of rotatable bonds is 12. The largest absolute Gasteiger partial charge is 0.491 e. The zero-order chi connectivity index (χ0) is 19.5. The van der Waals surface area contributed by atoms with Crippen LogP contribution in [-0.2, 0) is 6.42 Å². The highest BCUT2D eigenvalue weighted by atomic mass is 79.9. The first-order valence-corrected chi connectivity index (χ1v) is 10.3. The minimum atomic E-state index is -0.282. The second-order valence-corrected chi connectivity index (χ2v) is 7.80. The number of hydrogen-bond acceptors (Lipinski definition) is 2. The van der Waals surface area contributed by atoms with E-state index in [-0.39, 0.29) is 5.82 Å². The molecule has 0 unspecified atom stereocenters. The molecule has 0 saturated heterocycles. The van der Waals surface area contributed by atoms with Crippen LogP contribution < -0.4 is 4.74 Å². The molecule has 0 spiro atoms. The first-order chi connectivity index (χ1) is 13.1. The zero-order valence-corrected chi connectivity index (χ0v) is 17.7. The van der Waals surface area contributed by atoms with Gasteiger partial charge in [-0.05, 0) is 68.2 Å². The summed E-state index contributed by atoms with van der Waals surface area (Å²) in [5.74, 6) is 0.0657. The molecule has 0 bridgehead atoms. The highest BCUT2D eigenvalue weighted by molar-refractivity contribution is 9.10. The maximum Gasteiger partial charge on any atom is 0.165 e. The van der Waals surface area contributed by atoms with E-state index >= 15 is 0 Å². The first-order valence-electron chi connectivity index (χ1n) is 9.53. The van der Waals surface area contributed by atoms with Crippen LogP contribution in [0.5, 0.6) is 5.75 Å². The van der Waals surface area contributed by atoms with Crippen molar-refractivity contribution in [2.45, 2.75) is 32.1 Å². The molecular weight excluding hydrogens is 405 g/mol. The van der Waals surface area contributed by atoms with Gasteiger partial charge in [-0.3, -0.25) is 0 Å². The Morgan fingerprint density at radius 2 is 1.74 bits per heavy atom. The minimum absolute atomic E-state index is 0.282. The van der Waals surface area contributed by atoms with E-state index in [1.165, 1.54) is 12.8 Å². The maximum atomic E-state index is 14.3. The van der Waals surface area contributed by atoms with Crippen LogP contribution in [0.25, 0.3) is 0 Å². The molecule has 0 radical (unpaired) electrons. The van der Waals surface area contributed by atoms with Gasteiger partial charge in [0, 0.05) is 11.0 Å². The van der Waals surface area contributed by atoms with Gasteiger partial charge in [-0.1, -0.05) is 53.0 Å². The quantitative estimate of drug-likeness (QED) is 0.290. The van der Waals surface area contributed by atoms with Crippen molar-refractivity contribution in [1.82, 2.24) is 4.90 Å². The van der Waals surface area contributed by atoms with E-state index in [1.54, 1.807) is 12.1 Å². The lowest BCUT2D eigenvalue weighted by Crippen LogP contribution is -2.19. The Morgan fingerprint density at radius 1 is 1.04 bits per heavy atom. The molecular formula is C23H29BrFNO. The third-order valence-electron chi connectivity index (χ3n) is 4.45. The van der Waals surface area contributed by atoms with E-state index in [2.05, 4.69) is 34.5 Å². The van der Waals surface area contributed by atoms with Crippen molar-refractivity contribution >= 4 is 15.9 Å². The van der Waals surface area contributed by atoms with Crippen LogP contribution in [0.2, 0.25) is 0 Å². The van der Waals surface area contributed by atoms with E-state index in [4.69, 9.17) is 4.74 Å². The summed E-state index contributed by atoms with van der Waals surface area (Å²) in [6.45, 7) is 6.32. The smallest absolute Gasteiger partial charge is 0.165 e. The zero-order valence-electron chi connectivity index (χ0n) is 16.1. The number of ether oxygens (including phenoxy) is 1. The fourth-order valence-corrected chi connectivity index (χ4v) is 3.20. The van der Waals surface area contributed by atoms with Gasteiger partial charge >= 0.3 is 0 Å². The van der Waals surface area contributed by atoms with Crippen LogP contribution in [0.3, 0.4) is 0 Å². The molecule has 2 nitrogen and oxygen atoms in total. The average molecular weight is 434 g/mol. The van der Waals surface area contributed by atoms with Crippen LogP contribution >= 0.6 is 15.9 Å². The molecule has 0 saturated carbocycles. The Hall–Kier alpha value is -1.65. The Balaban J connectivity index is 1.68. The molecule has 146 valence electrons. The highest BCUT2D eigenvalue weighted by Crippen LogP contribution is 2.21. The second kappa shape index (κ2) is 11.9. The summed E-state index contributed by atoms with van der Waals surface area (Å²) in [6, 6.07) is 13.3. The van der Waals surface area contributed by atoms with Gasteiger partial charge in [0.2, 0.25) is 0 Å². The van der Waals surface area contributed by atoms with Gasteiger partial charge in [0.05, 0.1) is 6.61 Å². The summed E-state index contributed by atoms with van der Waals surface area (Å²) in [5.41, 5.74) is 2.11. The summed E-state index contributed by atoms with van der Waals surface area (Å²) < 4.78 is 20.9. The van der Waals surface area contributed by atoms with Crippen molar-refractivity contribution in [1.29, 1.82) is 0 Å². The molecule has 0 heterocycles. The monoisotopic (exact) mass is 433 g/mol. The predicted octanol–water partition coefficient (Wildman–Crippen LogP) is 6.24. The van der Waals surface area contributed by atoms with Gasteiger partial charge in [-0.2, -0.15) is 0 Å².